The maximum absolute atomic E-state index is 5.68. The van der Waals surface area contributed by atoms with Gasteiger partial charge in [-0.15, -0.1) is 0 Å². The minimum absolute atomic E-state index is 0.524. The van der Waals surface area contributed by atoms with Crippen LogP contribution in [0, 0.1) is 0 Å². The molecule has 4 heterocycles. The summed E-state index contributed by atoms with van der Waals surface area (Å²) in [6.45, 7) is 5.06. The number of imidazole rings is 1. The lowest BCUT2D eigenvalue weighted by molar-refractivity contribution is 0.450. The Morgan fingerprint density at radius 1 is 1.13 bits per heavy atom. The molecule has 0 aliphatic carbocycles. The van der Waals surface area contributed by atoms with Gasteiger partial charge in [-0.3, -0.25) is 0 Å². The van der Waals surface area contributed by atoms with E-state index in [1.54, 1.807) is 6.26 Å². The van der Waals surface area contributed by atoms with Crippen molar-refractivity contribution in [3.05, 3.63) is 41.9 Å². The lowest BCUT2D eigenvalue weighted by atomic mass is 9.87. The molecule has 23 heavy (non-hydrogen) atoms. The van der Waals surface area contributed by atoms with Crippen molar-refractivity contribution in [3.63, 3.8) is 0 Å². The van der Waals surface area contributed by atoms with E-state index in [4.69, 9.17) is 9.40 Å². The van der Waals surface area contributed by atoms with Crippen LogP contribution < -0.4 is 10.6 Å². The molecule has 0 bridgehead atoms. The summed E-state index contributed by atoms with van der Waals surface area (Å²) in [4.78, 5) is 5.04. The van der Waals surface area contributed by atoms with E-state index in [9.17, 15) is 0 Å². The van der Waals surface area contributed by atoms with Gasteiger partial charge in [0.25, 0.3) is 0 Å². The molecule has 0 amide bonds. The van der Waals surface area contributed by atoms with Crippen molar-refractivity contribution in [1.29, 1.82) is 0 Å². The minimum atomic E-state index is 0.524. The number of benzene rings is 1. The normalized spacial score (nSPS) is 18.6. The molecular weight excluding hydrogens is 288 g/mol. The van der Waals surface area contributed by atoms with E-state index in [1.165, 1.54) is 28.0 Å². The average molecular weight is 308 g/mol. The molecule has 5 rings (SSSR count). The molecule has 0 radical (unpaired) electrons. The summed E-state index contributed by atoms with van der Waals surface area (Å²) in [5.41, 5.74) is 4.98. The lowest BCUT2D eigenvalue weighted by Crippen LogP contribution is -2.40. The van der Waals surface area contributed by atoms with Crippen molar-refractivity contribution in [2.75, 3.05) is 26.2 Å². The second-order valence-electron chi connectivity index (χ2n) is 6.41. The summed E-state index contributed by atoms with van der Waals surface area (Å²) >= 11 is 0. The summed E-state index contributed by atoms with van der Waals surface area (Å²) in [5.74, 6) is 2.67. The molecule has 1 fully saturated rings. The van der Waals surface area contributed by atoms with E-state index in [2.05, 4.69) is 27.3 Å². The van der Waals surface area contributed by atoms with Crippen molar-refractivity contribution in [2.45, 2.75) is 18.9 Å². The van der Waals surface area contributed by atoms with Crippen LogP contribution in [0.1, 0.15) is 17.3 Å². The number of hydrogen-bond donors (Lipinski definition) is 2. The zero-order valence-corrected chi connectivity index (χ0v) is 13.0. The van der Waals surface area contributed by atoms with Gasteiger partial charge >= 0.3 is 0 Å². The highest BCUT2D eigenvalue weighted by Gasteiger charge is 2.28. The van der Waals surface area contributed by atoms with Gasteiger partial charge in [0.15, 0.2) is 0 Å². The monoisotopic (exact) mass is 308 g/mol. The number of hydrogen-bond acceptors (Lipinski definition) is 4. The Hall–Kier alpha value is -2.11. The minimum Gasteiger partial charge on any atom is -0.464 e. The van der Waals surface area contributed by atoms with Crippen LogP contribution in [0.5, 0.6) is 0 Å². The van der Waals surface area contributed by atoms with E-state index in [-0.39, 0.29) is 0 Å². The molecule has 0 saturated carbocycles. The van der Waals surface area contributed by atoms with E-state index >= 15 is 0 Å². The zero-order chi connectivity index (χ0) is 15.2. The Labute approximate surface area is 134 Å². The molecule has 5 heteroatoms. The molecule has 2 aliphatic heterocycles. The molecule has 3 aromatic rings. The summed E-state index contributed by atoms with van der Waals surface area (Å²) in [5, 5.41) is 6.85. The summed E-state index contributed by atoms with van der Waals surface area (Å²) < 4.78 is 8.07. The number of rotatable bonds is 2. The van der Waals surface area contributed by atoms with Crippen molar-refractivity contribution in [3.8, 4) is 11.3 Å². The summed E-state index contributed by atoms with van der Waals surface area (Å²) in [6.07, 6.45) is 2.74. The van der Waals surface area contributed by atoms with Crippen LogP contribution in [0.15, 0.2) is 34.9 Å². The average Bonchev–Trinajstić information content (AvgIpc) is 3.09. The first-order valence-corrected chi connectivity index (χ1v) is 8.39. The zero-order valence-electron chi connectivity index (χ0n) is 13.0. The molecule has 118 valence electrons. The maximum atomic E-state index is 5.68. The molecule has 0 spiro atoms. The fraction of sp³-hybridized carbons (Fsp3) is 0.389. The second kappa shape index (κ2) is 5.22. The largest absolute Gasteiger partial charge is 0.464 e. The van der Waals surface area contributed by atoms with Gasteiger partial charge in [0.05, 0.1) is 17.3 Å². The van der Waals surface area contributed by atoms with Crippen LogP contribution in [0.3, 0.4) is 0 Å². The smallest absolute Gasteiger partial charge is 0.134 e. The number of aromatic nitrogens is 2. The van der Waals surface area contributed by atoms with Crippen LogP contribution in [0.4, 0.5) is 0 Å². The highest BCUT2D eigenvalue weighted by Crippen LogP contribution is 2.37. The summed E-state index contributed by atoms with van der Waals surface area (Å²) in [6, 6.07) is 8.42. The first kappa shape index (κ1) is 13.3. The van der Waals surface area contributed by atoms with Crippen molar-refractivity contribution < 1.29 is 4.42 Å². The van der Waals surface area contributed by atoms with Gasteiger partial charge in [-0.2, -0.15) is 0 Å². The fourth-order valence-electron chi connectivity index (χ4n) is 3.77. The summed E-state index contributed by atoms with van der Waals surface area (Å²) in [7, 11) is 0. The predicted octanol–water partition coefficient (Wildman–Crippen LogP) is 2.13. The Bertz CT molecular complexity index is 846. The molecule has 2 aliphatic rings. The van der Waals surface area contributed by atoms with Crippen molar-refractivity contribution in [2.24, 2.45) is 0 Å². The number of fused-ring (bicyclic) bond motifs is 3. The molecule has 2 N–H and O–H groups in total. The van der Waals surface area contributed by atoms with Gasteiger partial charge in [0, 0.05) is 50.6 Å². The van der Waals surface area contributed by atoms with E-state index < -0.39 is 0 Å². The van der Waals surface area contributed by atoms with Crippen LogP contribution in [-0.4, -0.2) is 35.7 Å². The van der Waals surface area contributed by atoms with Gasteiger partial charge in [0.2, 0.25) is 0 Å². The van der Waals surface area contributed by atoms with Crippen LogP contribution in [0.2, 0.25) is 0 Å². The van der Waals surface area contributed by atoms with Crippen LogP contribution >= 0.6 is 0 Å². The van der Waals surface area contributed by atoms with Gasteiger partial charge in [0.1, 0.15) is 11.6 Å². The molecule has 1 aromatic carbocycles. The van der Waals surface area contributed by atoms with E-state index in [1.807, 2.05) is 12.1 Å². The molecule has 0 unspecified atom stereocenters. The van der Waals surface area contributed by atoms with Crippen molar-refractivity contribution >= 4 is 11.0 Å². The van der Waals surface area contributed by atoms with Gasteiger partial charge < -0.3 is 19.6 Å². The Morgan fingerprint density at radius 3 is 2.87 bits per heavy atom. The Balaban J connectivity index is 1.77. The van der Waals surface area contributed by atoms with Crippen molar-refractivity contribution in [1.82, 2.24) is 20.2 Å². The topological polar surface area (TPSA) is 55.0 Å². The van der Waals surface area contributed by atoms with E-state index in [0.29, 0.717) is 5.92 Å². The first-order valence-electron chi connectivity index (χ1n) is 8.39. The molecule has 5 nitrogen and oxygen atoms in total. The molecular formula is C18H20N4O. The van der Waals surface area contributed by atoms with Gasteiger partial charge in [-0.25, -0.2) is 4.98 Å². The maximum Gasteiger partial charge on any atom is 0.134 e. The van der Waals surface area contributed by atoms with Gasteiger partial charge in [-0.1, -0.05) is 0 Å². The quantitative estimate of drug-likeness (QED) is 0.761. The van der Waals surface area contributed by atoms with Crippen LogP contribution in [0.25, 0.3) is 22.4 Å². The molecule has 0 atom stereocenters. The first-order chi connectivity index (χ1) is 11.4. The Morgan fingerprint density at radius 2 is 2.09 bits per heavy atom. The lowest BCUT2D eigenvalue weighted by Gasteiger charge is -2.29. The standard InChI is InChI=1S/C18H20N4O/c1-2-15(23-9-1)13-3-4-14-18(17(13)12-10-20-11-12)21-16-5-6-19-7-8-22(14)16/h1-4,9,12,19-20H,5-8,10-11H2. The third-order valence-corrected chi connectivity index (χ3v) is 5.05. The number of nitrogens with zero attached hydrogens (tertiary/aromatic N) is 2. The van der Waals surface area contributed by atoms with E-state index in [0.717, 1.165) is 44.9 Å². The molecule has 1 saturated heterocycles. The van der Waals surface area contributed by atoms with Crippen LogP contribution in [-0.2, 0) is 13.0 Å². The third kappa shape index (κ3) is 2.04. The Kier molecular flexibility index (Phi) is 3.02. The predicted molar refractivity (Wildman–Crippen MR) is 89.6 cm³/mol. The number of nitrogens with one attached hydrogen (secondary N) is 2. The highest BCUT2D eigenvalue weighted by molar-refractivity contribution is 5.87. The second-order valence-corrected chi connectivity index (χ2v) is 6.41. The van der Waals surface area contributed by atoms with Gasteiger partial charge in [-0.05, 0) is 29.8 Å². The number of furan rings is 1. The SMILES string of the molecule is c1coc(-c2ccc3c(nc4n3CCNCC4)c2C2CNC2)c1. The molecule has 2 aromatic heterocycles. The highest BCUT2D eigenvalue weighted by atomic mass is 16.3. The fourth-order valence-corrected chi connectivity index (χ4v) is 3.77. The third-order valence-electron chi connectivity index (χ3n) is 5.05.